The fourth-order valence-electron chi connectivity index (χ4n) is 3.16. The standard InChI is InChI=1S/C14H27N3O2.2ClH/c1-16(2)12-4-3-7-17(10-12)13(18)14(11-15)5-8-19-9-6-14;;/h12H,3-11,15H2,1-2H3;2*1H. The largest absolute Gasteiger partial charge is 0.381 e. The van der Waals surface area contributed by atoms with Crippen LogP contribution in [0.25, 0.3) is 0 Å². The van der Waals surface area contributed by atoms with Crippen LogP contribution >= 0.6 is 24.8 Å². The first-order valence-electron chi connectivity index (χ1n) is 7.33. The van der Waals surface area contributed by atoms with Crippen LogP contribution in [0.5, 0.6) is 0 Å². The molecular weight excluding hydrogens is 313 g/mol. The van der Waals surface area contributed by atoms with Gasteiger partial charge in [0.05, 0.1) is 5.41 Å². The number of piperidine rings is 1. The van der Waals surface area contributed by atoms with Crippen LogP contribution in [0.1, 0.15) is 25.7 Å². The van der Waals surface area contributed by atoms with Crippen LogP contribution in [-0.4, -0.2) is 68.7 Å². The number of nitrogens with two attached hydrogens (primary N) is 1. The second-order valence-corrected chi connectivity index (χ2v) is 6.11. The lowest BCUT2D eigenvalue weighted by molar-refractivity contribution is -0.149. The Bertz CT molecular complexity index is 323. The lowest BCUT2D eigenvalue weighted by Crippen LogP contribution is -2.55. The van der Waals surface area contributed by atoms with E-state index in [4.69, 9.17) is 10.5 Å². The Kier molecular flexibility index (Phi) is 9.12. The van der Waals surface area contributed by atoms with Crippen molar-refractivity contribution in [1.29, 1.82) is 0 Å². The van der Waals surface area contributed by atoms with E-state index in [1.165, 1.54) is 6.42 Å². The summed E-state index contributed by atoms with van der Waals surface area (Å²) < 4.78 is 5.39. The molecule has 0 bridgehead atoms. The molecule has 21 heavy (non-hydrogen) atoms. The molecule has 1 unspecified atom stereocenters. The van der Waals surface area contributed by atoms with E-state index < -0.39 is 0 Å². The number of likely N-dealkylation sites (tertiary alicyclic amines) is 1. The Balaban J connectivity index is 0.00000200. The second-order valence-electron chi connectivity index (χ2n) is 6.11. The number of halogens is 2. The van der Waals surface area contributed by atoms with Crippen LogP contribution in [0.15, 0.2) is 0 Å². The quantitative estimate of drug-likeness (QED) is 0.836. The van der Waals surface area contributed by atoms with Crippen molar-refractivity contribution in [3.8, 4) is 0 Å². The van der Waals surface area contributed by atoms with Gasteiger partial charge >= 0.3 is 0 Å². The molecule has 0 spiro atoms. The zero-order chi connectivity index (χ0) is 13.9. The molecule has 5 nitrogen and oxygen atoms in total. The lowest BCUT2D eigenvalue weighted by atomic mass is 9.78. The van der Waals surface area contributed by atoms with Crippen LogP contribution in [0.4, 0.5) is 0 Å². The minimum Gasteiger partial charge on any atom is -0.381 e. The molecule has 2 aliphatic rings. The van der Waals surface area contributed by atoms with Gasteiger partial charge in [0.25, 0.3) is 0 Å². The number of hydrogen-bond donors (Lipinski definition) is 1. The summed E-state index contributed by atoms with van der Waals surface area (Å²) in [6.45, 7) is 3.49. The van der Waals surface area contributed by atoms with Gasteiger partial charge in [-0.2, -0.15) is 0 Å². The van der Waals surface area contributed by atoms with Gasteiger partial charge < -0.3 is 20.3 Å². The fourth-order valence-corrected chi connectivity index (χ4v) is 3.16. The molecule has 2 rings (SSSR count). The molecule has 1 amide bonds. The topological polar surface area (TPSA) is 58.8 Å². The number of ether oxygens (including phenoxy) is 1. The molecule has 1 atom stereocenters. The van der Waals surface area contributed by atoms with Crippen molar-refractivity contribution >= 4 is 30.7 Å². The van der Waals surface area contributed by atoms with Crippen molar-refractivity contribution in [2.45, 2.75) is 31.7 Å². The molecule has 0 saturated carbocycles. The summed E-state index contributed by atoms with van der Waals surface area (Å²) in [4.78, 5) is 17.1. The first-order chi connectivity index (χ1) is 9.09. The third-order valence-corrected chi connectivity index (χ3v) is 4.71. The van der Waals surface area contributed by atoms with Gasteiger partial charge in [-0.25, -0.2) is 0 Å². The van der Waals surface area contributed by atoms with Crippen molar-refractivity contribution in [3.63, 3.8) is 0 Å². The summed E-state index contributed by atoms with van der Waals surface area (Å²) >= 11 is 0. The van der Waals surface area contributed by atoms with Crippen molar-refractivity contribution in [2.24, 2.45) is 11.1 Å². The number of carbonyl (C=O) groups is 1. The van der Waals surface area contributed by atoms with E-state index in [1.807, 2.05) is 4.90 Å². The van der Waals surface area contributed by atoms with Gasteiger partial charge in [-0.15, -0.1) is 24.8 Å². The highest BCUT2D eigenvalue weighted by Crippen LogP contribution is 2.32. The highest BCUT2D eigenvalue weighted by Gasteiger charge is 2.42. The van der Waals surface area contributed by atoms with E-state index in [-0.39, 0.29) is 36.1 Å². The fraction of sp³-hybridized carbons (Fsp3) is 0.929. The summed E-state index contributed by atoms with van der Waals surface area (Å²) in [5.74, 6) is 0.254. The van der Waals surface area contributed by atoms with Crippen molar-refractivity contribution in [3.05, 3.63) is 0 Å². The summed E-state index contributed by atoms with van der Waals surface area (Å²) in [5.41, 5.74) is 5.56. The van der Waals surface area contributed by atoms with Gasteiger partial charge in [-0.1, -0.05) is 0 Å². The lowest BCUT2D eigenvalue weighted by Gasteiger charge is -2.43. The third kappa shape index (κ3) is 4.70. The van der Waals surface area contributed by atoms with Gasteiger partial charge in [-0.3, -0.25) is 4.79 Å². The Morgan fingerprint density at radius 1 is 1.33 bits per heavy atom. The number of nitrogens with zero attached hydrogens (tertiary/aromatic N) is 2. The molecule has 2 saturated heterocycles. The SMILES string of the molecule is CN(C)C1CCCN(C(=O)C2(CN)CCOCC2)C1.Cl.Cl. The molecule has 0 aromatic heterocycles. The average Bonchev–Trinajstić information content (AvgIpc) is 2.47. The molecule has 2 fully saturated rings. The van der Waals surface area contributed by atoms with Crippen molar-refractivity contribution in [1.82, 2.24) is 9.80 Å². The van der Waals surface area contributed by atoms with Crippen LogP contribution < -0.4 is 5.73 Å². The minimum atomic E-state index is -0.369. The molecule has 7 heteroatoms. The first-order valence-corrected chi connectivity index (χ1v) is 7.33. The van der Waals surface area contributed by atoms with Crippen molar-refractivity contribution in [2.75, 3.05) is 46.9 Å². The number of hydrogen-bond acceptors (Lipinski definition) is 4. The number of amides is 1. The molecule has 0 radical (unpaired) electrons. The van der Waals surface area contributed by atoms with Gasteiger partial charge in [-0.05, 0) is 39.8 Å². The van der Waals surface area contributed by atoms with E-state index >= 15 is 0 Å². The van der Waals surface area contributed by atoms with Crippen LogP contribution in [-0.2, 0) is 9.53 Å². The minimum absolute atomic E-state index is 0. The van der Waals surface area contributed by atoms with E-state index in [9.17, 15) is 4.79 Å². The Morgan fingerprint density at radius 2 is 1.95 bits per heavy atom. The normalized spacial score (nSPS) is 25.0. The van der Waals surface area contributed by atoms with Gasteiger partial charge in [0.1, 0.15) is 0 Å². The van der Waals surface area contributed by atoms with E-state index in [2.05, 4.69) is 19.0 Å². The van der Waals surface area contributed by atoms with Crippen LogP contribution in [0, 0.1) is 5.41 Å². The Labute approximate surface area is 140 Å². The maximum absolute atomic E-state index is 12.8. The molecule has 0 aromatic carbocycles. The summed E-state index contributed by atoms with van der Waals surface area (Å²) in [6.07, 6.45) is 3.80. The van der Waals surface area contributed by atoms with Gasteiger partial charge in [0.15, 0.2) is 0 Å². The monoisotopic (exact) mass is 341 g/mol. The summed E-state index contributed by atoms with van der Waals surface area (Å²) in [7, 11) is 4.18. The number of carbonyl (C=O) groups excluding carboxylic acids is 1. The van der Waals surface area contributed by atoms with Crippen LogP contribution in [0.2, 0.25) is 0 Å². The Morgan fingerprint density at radius 3 is 2.48 bits per heavy atom. The molecule has 2 N–H and O–H groups in total. The predicted octanol–water partition coefficient (Wildman–Crippen LogP) is 1.14. The van der Waals surface area contributed by atoms with E-state index in [0.717, 1.165) is 32.4 Å². The first kappa shape index (κ1) is 20.9. The number of likely N-dealkylation sites (N-methyl/N-ethyl adjacent to an activating group) is 1. The van der Waals surface area contributed by atoms with Gasteiger partial charge in [0, 0.05) is 38.9 Å². The molecular formula is C14H29Cl2N3O2. The van der Waals surface area contributed by atoms with Crippen LogP contribution in [0.3, 0.4) is 0 Å². The van der Waals surface area contributed by atoms with Gasteiger partial charge in [0.2, 0.25) is 5.91 Å². The number of rotatable bonds is 3. The van der Waals surface area contributed by atoms with Crippen molar-refractivity contribution < 1.29 is 9.53 Å². The molecule has 0 aliphatic carbocycles. The van der Waals surface area contributed by atoms with E-state index in [1.54, 1.807) is 0 Å². The summed E-state index contributed by atoms with van der Waals surface area (Å²) in [5, 5.41) is 0. The molecule has 2 heterocycles. The Hall–Kier alpha value is -0.0700. The average molecular weight is 342 g/mol. The predicted molar refractivity (Wildman–Crippen MR) is 89.3 cm³/mol. The zero-order valence-corrected chi connectivity index (χ0v) is 14.7. The molecule has 2 aliphatic heterocycles. The maximum Gasteiger partial charge on any atom is 0.230 e. The molecule has 126 valence electrons. The van der Waals surface area contributed by atoms with E-state index in [0.29, 0.717) is 25.8 Å². The highest BCUT2D eigenvalue weighted by atomic mass is 35.5. The smallest absolute Gasteiger partial charge is 0.230 e. The second kappa shape index (κ2) is 9.16. The zero-order valence-electron chi connectivity index (χ0n) is 13.0. The summed E-state index contributed by atoms with van der Waals surface area (Å²) in [6, 6.07) is 0.479. The molecule has 0 aromatic rings. The highest BCUT2D eigenvalue weighted by molar-refractivity contribution is 5.85. The maximum atomic E-state index is 12.8. The third-order valence-electron chi connectivity index (χ3n) is 4.71.